The number of hydrogen-bond acceptors (Lipinski definition) is 3. The number of carbonyl (C=O) groups is 1. The van der Waals surface area contributed by atoms with Crippen LogP contribution in [0.4, 0.5) is 18.9 Å². The molecule has 1 amide bonds. The summed E-state index contributed by atoms with van der Waals surface area (Å²) in [5, 5.41) is 6.66. The minimum Gasteiger partial charge on any atom is -0.321 e. The van der Waals surface area contributed by atoms with Gasteiger partial charge >= 0.3 is 6.18 Å². The van der Waals surface area contributed by atoms with E-state index in [1.54, 1.807) is 31.3 Å². The van der Waals surface area contributed by atoms with E-state index in [4.69, 9.17) is 0 Å². The number of benzene rings is 1. The molecule has 0 fully saturated rings. The highest BCUT2D eigenvalue weighted by atomic mass is 127. The molecule has 2 heterocycles. The first-order chi connectivity index (χ1) is 12.3. The summed E-state index contributed by atoms with van der Waals surface area (Å²) in [4.78, 5) is 16.7. The van der Waals surface area contributed by atoms with Gasteiger partial charge in [-0.1, -0.05) is 6.07 Å². The molecule has 3 aromatic rings. The molecule has 134 valence electrons. The lowest BCUT2D eigenvalue weighted by atomic mass is 10.2. The lowest BCUT2D eigenvalue weighted by Gasteiger charge is -2.12. The largest absolute Gasteiger partial charge is 0.416 e. The van der Waals surface area contributed by atoms with Gasteiger partial charge in [-0.05, 0) is 59.8 Å². The van der Waals surface area contributed by atoms with E-state index in [1.165, 1.54) is 16.9 Å². The van der Waals surface area contributed by atoms with Gasteiger partial charge in [0.15, 0.2) is 5.82 Å². The van der Waals surface area contributed by atoms with Crippen molar-refractivity contribution < 1.29 is 18.0 Å². The van der Waals surface area contributed by atoms with Gasteiger partial charge in [-0.15, -0.1) is 0 Å². The van der Waals surface area contributed by atoms with Gasteiger partial charge < -0.3 is 5.32 Å². The van der Waals surface area contributed by atoms with E-state index in [9.17, 15) is 18.0 Å². The zero-order chi connectivity index (χ0) is 18.9. The number of hydrogen-bond donors (Lipinski definition) is 1. The molecule has 0 atom stereocenters. The number of rotatable bonds is 3. The van der Waals surface area contributed by atoms with E-state index in [0.29, 0.717) is 15.1 Å². The summed E-state index contributed by atoms with van der Waals surface area (Å²) in [6.45, 7) is 1.69. The smallest absolute Gasteiger partial charge is 0.321 e. The minimum absolute atomic E-state index is 0.0930. The highest BCUT2D eigenvalue weighted by Gasteiger charge is 2.31. The fourth-order valence-corrected chi connectivity index (χ4v) is 2.80. The molecule has 0 spiro atoms. The van der Waals surface area contributed by atoms with Crippen molar-refractivity contribution in [3.8, 4) is 5.82 Å². The number of pyridine rings is 1. The van der Waals surface area contributed by atoms with Gasteiger partial charge in [-0.25, -0.2) is 9.67 Å². The molecule has 9 heteroatoms. The molecule has 0 saturated carbocycles. The molecule has 0 aliphatic heterocycles. The first-order valence-corrected chi connectivity index (χ1v) is 8.49. The molecule has 2 aromatic heterocycles. The molecule has 0 saturated heterocycles. The Morgan fingerprint density at radius 2 is 2.00 bits per heavy atom. The third-order valence-corrected chi connectivity index (χ3v) is 4.60. The Hall–Kier alpha value is -2.43. The third kappa shape index (κ3) is 3.71. The summed E-state index contributed by atoms with van der Waals surface area (Å²) in [5.74, 6) is -0.000351. The van der Waals surface area contributed by atoms with Gasteiger partial charge in [-0.2, -0.15) is 18.3 Å². The van der Waals surface area contributed by atoms with E-state index in [2.05, 4.69) is 15.4 Å². The average molecular weight is 472 g/mol. The van der Waals surface area contributed by atoms with Crippen molar-refractivity contribution in [1.82, 2.24) is 14.8 Å². The van der Waals surface area contributed by atoms with Gasteiger partial charge in [0.2, 0.25) is 0 Å². The van der Waals surface area contributed by atoms with E-state index in [1.807, 2.05) is 22.6 Å². The Kier molecular flexibility index (Phi) is 4.99. The van der Waals surface area contributed by atoms with E-state index in [-0.39, 0.29) is 11.3 Å². The predicted octanol–water partition coefficient (Wildman–Crippen LogP) is 4.45. The maximum atomic E-state index is 12.9. The van der Waals surface area contributed by atoms with Crippen LogP contribution in [-0.2, 0) is 6.18 Å². The second-order valence-electron chi connectivity index (χ2n) is 5.39. The van der Waals surface area contributed by atoms with Crippen LogP contribution in [0.5, 0.6) is 0 Å². The zero-order valence-corrected chi connectivity index (χ0v) is 15.5. The Morgan fingerprint density at radius 1 is 1.23 bits per heavy atom. The number of nitrogens with one attached hydrogen (secondary N) is 1. The van der Waals surface area contributed by atoms with Crippen LogP contribution in [0.2, 0.25) is 0 Å². The van der Waals surface area contributed by atoms with E-state index < -0.39 is 17.6 Å². The predicted molar refractivity (Wildman–Crippen MR) is 98.2 cm³/mol. The van der Waals surface area contributed by atoms with Gasteiger partial charge in [-0.3, -0.25) is 4.79 Å². The molecule has 0 aliphatic rings. The van der Waals surface area contributed by atoms with Crippen molar-refractivity contribution in [3.63, 3.8) is 0 Å². The summed E-state index contributed by atoms with van der Waals surface area (Å²) < 4.78 is 40.6. The van der Waals surface area contributed by atoms with E-state index in [0.717, 1.165) is 12.1 Å². The summed E-state index contributed by atoms with van der Waals surface area (Å²) >= 11 is 1.87. The first-order valence-electron chi connectivity index (χ1n) is 7.41. The average Bonchev–Trinajstić information content (AvgIpc) is 2.98. The molecular formula is C17H12F3IN4O. The topological polar surface area (TPSA) is 59.8 Å². The summed E-state index contributed by atoms with van der Waals surface area (Å²) in [6.07, 6.45) is -1.52. The number of carbonyl (C=O) groups excluding carboxylic acids is 1. The van der Waals surface area contributed by atoms with Crippen LogP contribution in [0.25, 0.3) is 5.82 Å². The Labute approximate surface area is 160 Å². The molecule has 1 N–H and O–H groups in total. The lowest BCUT2D eigenvalue weighted by molar-refractivity contribution is -0.137. The van der Waals surface area contributed by atoms with Crippen LogP contribution in [0.15, 0.2) is 48.8 Å². The van der Waals surface area contributed by atoms with E-state index >= 15 is 0 Å². The van der Waals surface area contributed by atoms with Gasteiger partial charge in [0.1, 0.15) is 0 Å². The molecule has 0 unspecified atom stereocenters. The van der Waals surface area contributed by atoms with Crippen molar-refractivity contribution in [3.05, 3.63) is 69.2 Å². The van der Waals surface area contributed by atoms with Crippen molar-refractivity contribution in [1.29, 1.82) is 0 Å². The SMILES string of the molecule is Cc1c(C(=O)Nc2cc(C(F)(F)F)ccc2I)cnn1-c1ccccn1. The fourth-order valence-electron chi connectivity index (χ4n) is 2.33. The summed E-state index contributed by atoms with van der Waals surface area (Å²) in [7, 11) is 0. The second kappa shape index (κ2) is 7.06. The van der Waals surface area contributed by atoms with Gasteiger partial charge in [0, 0.05) is 9.77 Å². The molecule has 0 radical (unpaired) electrons. The molecule has 3 rings (SSSR count). The third-order valence-electron chi connectivity index (χ3n) is 3.66. The van der Waals surface area contributed by atoms with Crippen molar-refractivity contribution >= 4 is 34.2 Å². The molecule has 1 aromatic carbocycles. The maximum Gasteiger partial charge on any atom is 0.416 e. The van der Waals surface area contributed by atoms with Crippen molar-refractivity contribution in [2.75, 3.05) is 5.32 Å². The molecular weight excluding hydrogens is 460 g/mol. The number of amides is 1. The standard InChI is InChI=1S/C17H12F3IN4O/c1-10-12(9-23-25(10)15-4-2-3-7-22-15)16(26)24-14-8-11(17(18,19)20)5-6-13(14)21/h2-9H,1H3,(H,24,26). The quantitative estimate of drug-likeness (QED) is 0.574. The summed E-state index contributed by atoms with van der Waals surface area (Å²) in [5.41, 5.74) is 0.0524. The second-order valence-corrected chi connectivity index (χ2v) is 6.55. The number of anilines is 1. The van der Waals surface area contributed by atoms with Gasteiger partial charge in [0.25, 0.3) is 5.91 Å². The molecule has 5 nitrogen and oxygen atoms in total. The van der Waals surface area contributed by atoms with Crippen LogP contribution in [0.3, 0.4) is 0 Å². The molecule has 0 aliphatic carbocycles. The maximum absolute atomic E-state index is 12.9. The van der Waals surface area contributed by atoms with Gasteiger partial charge in [0.05, 0.1) is 28.7 Å². The van der Waals surface area contributed by atoms with Crippen molar-refractivity contribution in [2.45, 2.75) is 13.1 Å². The molecule has 0 bridgehead atoms. The lowest BCUT2D eigenvalue weighted by Crippen LogP contribution is -2.15. The number of alkyl halides is 3. The summed E-state index contributed by atoms with van der Waals surface area (Å²) in [6, 6.07) is 8.47. The Balaban J connectivity index is 1.89. The Morgan fingerprint density at radius 3 is 2.65 bits per heavy atom. The van der Waals surface area contributed by atoms with Crippen LogP contribution in [0, 0.1) is 10.5 Å². The minimum atomic E-state index is -4.48. The van der Waals surface area contributed by atoms with Crippen LogP contribution >= 0.6 is 22.6 Å². The van der Waals surface area contributed by atoms with Crippen LogP contribution < -0.4 is 5.32 Å². The fraction of sp³-hybridized carbons (Fsp3) is 0.118. The van der Waals surface area contributed by atoms with Crippen LogP contribution in [0.1, 0.15) is 21.6 Å². The first kappa shape index (κ1) is 18.4. The van der Waals surface area contributed by atoms with Crippen LogP contribution in [-0.4, -0.2) is 20.7 Å². The number of halogens is 4. The number of aromatic nitrogens is 3. The number of nitrogens with zero attached hydrogens (tertiary/aromatic N) is 3. The molecule has 26 heavy (non-hydrogen) atoms. The normalized spacial score (nSPS) is 11.4. The van der Waals surface area contributed by atoms with Crippen molar-refractivity contribution in [2.24, 2.45) is 0 Å². The highest BCUT2D eigenvalue weighted by molar-refractivity contribution is 14.1. The monoisotopic (exact) mass is 472 g/mol. The highest BCUT2D eigenvalue weighted by Crippen LogP contribution is 2.32. The zero-order valence-electron chi connectivity index (χ0n) is 13.4. The Bertz CT molecular complexity index is 954.